The molecule has 0 radical (unpaired) electrons. The number of carbonyl (C=O) groups is 1. The van der Waals surface area contributed by atoms with Gasteiger partial charge in [0.2, 0.25) is 0 Å². The maximum atomic E-state index is 12.5. The number of benzene rings is 3. The molecular formula is C25H25N3O. The molecule has 3 aromatic carbocycles. The summed E-state index contributed by atoms with van der Waals surface area (Å²) in [5, 5.41) is 2.87. The third kappa shape index (κ3) is 4.55. The number of carbonyl (C=O) groups excluding carboxylic acids is 1. The smallest absolute Gasteiger partial charge is 0.255 e. The van der Waals surface area contributed by atoms with E-state index in [1.54, 1.807) is 12.1 Å². The molecular weight excluding hydrogens is 358 g/mol. The Labute approximate surface area is 171 Å². The van der Waals surface area contributed by atoms with Crippen LogP contribution in [-0.2, 0) is 13.0 Å². The lowest BCUT2D eigenvalue weighted by Crippen LogP contribution is -2.31. The predicted molar refractivity (Wildman–Crippen MR) is 120 cm³/mol. The molecule has 1 heterocycles. The highest BCUT2D eigenvalue weighted by molar-refractivity contribution is 6.04. The van der Waals surface area contributed by atoms with Crippen LogP contribution in [0.5, 0.6) is 0 Å². The van der Waals surface area contributed by atoms with E-state index in [-0.39, 0.29) is 5.91 Å². The van der Waals surface area contributed by atoms with Gasteiger partial charge in [0.05, 0.1) is 0 Å². The number of nitrogens with one attached hydrogen (secondary N) is 1. The van der Waals surface area contributed by atoms with Crippen LogP contribution >= 0.6 is 0 Å². The van der Waals surface area contributed by atoms with Crippen LogP contribution in [0.2, 0.25) is 0 Å². The lowest BCUT2D eigenvalue weighted by Gasteiger charge is -2.29. The van der Waals surface area contributed by atoms with Gasteiger partial charge in [-0.3, -0.25) is 9.69 Å². The fourth-order valence-electron chi connectivity index (χ4n) is 3.73. The number of nitrogens with zero attached hydrogens (tertiary/aromatic N) is 1. The van der Waals surface area contributed by atoms with Crippen molar-refractivity contribution < 1.29 is 4.79 Å². The Balaban J connectivity index is 1.37. The van der Waals surface area contributed by atoms with Gasteiger partial charge in [-0.05, 0) is 59.0 Å². The predicted octanol–water partition coefficient (Wildman–Crippen LogP) is 4.59. The van der Waals surface area contributed by atoms with Crippen molar-refractivity contribution in [2.45, 2.75) is 13.0 Å². The summed E-state index contributed by atoms with van der Waals surface area (Å²) in [7, 11) is 0. The maximum Gasteiger partial charge on any atom is 0.255 e. The molecule has 0 saturated carbocycles. The van der Waals surface area contributed by atoms with Gasteiger partial charge in [-0.1, -0.05) is 49.0 Å². The van der Waals surface area contributed by atoms with Gasteiger partial charge in [0.1, 0.15) is 0 Å². The van der Waals surface area contributed by atoms with E-state index in [2.05, 4.69) is 41.1 Å². The first-order valence-corrected chi connectivity index (χ1v) is 9.83. The summed E-state index contributed by atoms with van der Waals surface area (Å²) in [6.45, 7) is 7.09. The molecule has 4 rings (SSSR count). The van der Waals surface area contributed by atoms with Crippen molar-refractivity contribution in [2.75, 3.05) is 24.1 Å². The molecule has 0 atom stereocenters. The van der Waals surface area contributed by atoms with Crippen LogP contribution in [0, 0.1) is 0 Å². The molecule has 0 bridgehead atoms. The van der Waals surface area contributed by atoms with Crippen LogP contribution in [0.1, 0.15) is 27.0 Å². The van der Waals surface area contributed by atoms with E-state index in [1.807, 2.05) is 36.4 Å². The Kier molecular flexibility index (Phi) is 5.45. The van der Waals surface area contributed by atoms with E-state index in [1.165, 1.54) is 11.1 Å². The van der Waals surface area contributed by atoms with Gasteiger partial charge in [0, 0.05) is 36.6 Å². The zero-order chi connectivity index (χ0) is 20.2. The van der Waals surface area contributed by atoms with Crippen molar-refractivity contribution in [1.82, 2.24) is 4.90 Å². The standard InChI is InChI=1S/C25H25N3O/c1-18(16-28-14-13-20-5-2-3-6-22(20)17-28)19-9-11-21(12-10-19)25(29)27-24-8-4-7-23(26)15-24/h2-12,15H,1,13-14,16-17,26H2,(H,27,29). The molecule has 0 fully saturated rings. The van der Waals surface area contributed by atoms with Crippen LogP contribution in [0.4, 0.5) is 11.4 Å². The molecule has 3 N–H and O–H groups in total. The molecule has 1 amide bonds. The molecule has 0 unspecified atom stereocenters. The SMILES string of the molecule is C=C(CN1CCc2ccccc2C1)c1ccc(C(=O)Nc2cccc(N)c2)cc1. The minimum Gasteiger partial charge on any atom is -0.399 e. The summed E-state index contributed by atoms with van der Waals surface area (Å²) in [5.41, 5.74) is 12.7. The number of nitrogen functional groups attached to an aromatic ring is 1. The zero-order valence-corrected chi connectivity index (χ0v) is 16.4. The number of fused-ring (bicyclic) bond motifs is 1. The van der Waals surface area contributed by atoms with Crippen molar-refractivity contribution in [3.05, 3.63) is 102 Å². The molecule has 29 heavy (non-hydrogen) atoms. The van der Waals surface area contributed by atoms with E-state index >= 15 is 0 Å². The number of amides is 1. The van der Waals surface area contributed by atoms with E-state index in [9.17, 15) is 4.79 Å². The quantitative estimate of drug-likeness (QED) is 0.634. The van der Waals surface area contributed by atoms with Gasteiger partial charge in [-0.25, -0.2) is 0 Å². The lowest BCUT2D eigenvalue weighted by atomic mass is 9.98. The molecule has 0 aliphatic carbocycles. The van der Waals surface area contributed by atoms with Gasteiger partial charge in [0.25, 0.3) is 5.91 Å². The molecule has 4 heteroatoms. The van der Waals surface area contributed by atoms with E-state index in [0.717, 1.165) is 37.2 Å². The van der Waals surface area contributed by atoms with Crippen molar-refractivity contribution in [1.29, 1.82) is 0 Å². The van der Waals surface area contributed by atoms with Crippen LogP contribution < -0.4 is 11.1 Å². The molecule has 0 spiro atoms. The van der Waals surface area contributed by atoms with Crippen LogP contribution in [-0.4, -0.2) is 23.9 Å². The first-order chi connectivity index (χ1) is 14.1. The summed E-state index contributed by atoms with van der Waals surface area (Å²) in [6, 6.07) is 23.4. The number of anilines is 2. The molecule has 3 aromatic rings. The highest BCUT2D eigenvalue weighted by atomic mass is 16.1. The minimum atomic E-state index is -0.152. The van der Waals surface area contributed by atoms with Gasteiger partial charge in [-0.2, -0.15) is 0 Å². The Morgan fingerprint density at radius 2 is 1.69 bits per heavy atom. The number of rotatable bonds is 5. The molecule has 0 saturated heterocycles. The fraction of sp³-hybridized carbons (Fsp3) is 0.160. The summed E-state index contributed by atoms with van der Waals surface area (Å²) < 4.78 is 0. The summed E-state index contributed by atoms with van der Waals surface area (Å²) in [5.74, 6) is -0.152. The molecule has 0 aromatic heterocycles. The zero-order valence-electron chi connectivity index (χ0n) is 16.4. The average Bonchev–Trinajstić information content (AvgIpc) is 2.74. The van der Waals surface area contributed by atoms with E-state index in [4.69, 9.17) is 5.73 Å². The third-order valence-electron chi connectivity index (χ3n) is 5.32. The monoisotopic (exact) mass is 383 g/mol. The molecule has 1 aliphatic rings. The second-order valence-electron chi connectivity index (χ2n) is 7.49. The number of nitrogens with two attached hydrogens (primary N) is 1. The van der Waals surface area contributed by atoms with E-state index in [0.29, 0.717) is 16.9 Å². The summed E-state index contributed by atoms with van der Waals surface area (Å²) in [4.78, 5) is 14.9. The maximum absolute atomic E-state index is 12.5. The van der Waals surface area contributed by atoms with Gasteiger partial charge < -0.3 is 11.1 Å². The Morgan fingerprint density at radius 1 is 0.966 bits per heavy atom. The van der Waals surface area contributed by atoms with Crippen molar-refractivity contribution >= 4 is 22.9 Å². The average molecular weight is 383 g/mol. The molecule has 4 nitrogen and oxygen atoms in total. The Bertz CT molecular complexity index is 1040. The van der Waals surface area contributed by atoms with Crippen LogP contribution in [0.15, 0.2) is 79.4 Å². The molecule has 146 valence electrons. The highest BCUT2D eigenvalue weighted by Crippen LogP contribution is 2.22. The first-order valence-electron chi connectivity index (χ1n) is 9.83. The number of hydrogen-bond acceptors (Lipinski definition) is 3. The van der Waals surface area contributed by atoms with Crippen molar-refractivity contribution in [3.8, 4) is 0 Å². The molecule has 1 aliphatic heterocycles. The number of hydrogen-bond donors (Lipinski definition) is 2. The second-order valence-corrected chi connectivity index (χ2v) is 7.49. The van der Waals surface area contributed by atoms with Gasteiger partial charge >= 0.3 is 0 Å². The van der Waals surface area contributed by atoms with Gasteiger partial charge in [0.15, 0.2) is 0 Å². The third-order valence-corrected chi connectivity index (χ3v) is 5.32. The minimum absolute atomic E-state index is 0.152. The Morgan fingerprint density at radius 3 is 2.45 bits per heavy atom. The van der Waals surface area contributed by atoms with Crippen molar-refractivity contribution in [2.24, 2.45) is 0 Å². The fourth-order valence-corrected chi connectivity index (χ4v) is 3.73. The van der Waals surface area contributed by atoms with Gasteiger partial charge in [-0.15, -0.1) is 0 Å². The largest absolute Gasteiger partial charge is 0.399 e. The second kappa shape index (κ2) is 8.33. The highest BCUT2D eigenvalue weighted by Gasteiger charge is 2.16. The topological polar surface area (TPSA) is 58.4 Å². The van der Waals surface area contributed by atoms with E-state index < -0.39 is 0 Å². The summed E-state index contributed by atoms with van der Waals surface area (Å²) in [6.07, 6.45) is 1.08. The van der Waals surface area contributed by atoms with Crippen molar-refractivity contribution in [3.63, 3.8) is 0 Å². The van der Waals surface area contributed by atoms with Crippen LogP contribution in [0.25, 0.3) is 5.57 Å². The normalized spacial score (nSPS) is 13.5. The summed E-state index contributed by atoms with van der Waals surface area (Å²) >= 11 is 0. The first kappa shape index (κ1) is 19.0. The Hall–Kier alpha value is -3.37. The lowest BCUT2D eigenvalue weighted by molar-refractivity contribution is 0.102. The van der Waals surface area contributed by atoms with Crippen LogP contribution in [0.3, 0.4) is 0 Å².